The van der Waals surface area contributed by atoms with Gasteiger partial charge in [-0.3, -0.25) is 9.59 Å². The average Bonchev–Trinajstić information content (AvgIpc) is 2.83. The molecule has 0 heterocycles. The molecule has 6 heteroatoms. The number of methoxy groups -OCH3 is 1. The second kappa shape index (κ2) is 11.9. The summed E-state index contributed by atoms with van der Waals surface area (Å²) < 4.78 is 11.4. The molecule has 0 aliphatic carbocycles. The first-order valence-electron chi connectivity index (χ1n) is 11.5. The van der Waals surface area contributed by atoms with Crippen molar-refractivity contribution in [2.45, 2.75) is 39.8 Å². The molecule has 0 saturated heterocycles. The van der Waals surface area contributed by atoms with Gasteiger partial charge in [-0.1, -0.05) is 54.8 Å². The quantitative estimate of drug-likeness (QED) is 0.316. The largest absolute Gasteiger partial charge is 0.493 e. The zero-order valence-electron chi connectivity index (χ0n) is 20.2. The van der Waals surface area contributed by atoms with Gasteiger partial charge in [0, 0.05) is 11.1 Å². The zero-order valence-corrected chi connectivity index (χ0v) is 20.2. The Kier molecular flexibility index (Phi) is 8.68. The summed E-state index contributed by atoms with van der Waals surface area (Å²) in [6.07, 6.45) is 1.13. The summed E-state index contributed by atoms with van der Waals surface area (Å²) >= 11 is 0. The van der Waals surface area contributed by atoms with Gasteiger partial charge in [0.2, 0.25) is 0 Å². The first kappa shape index (κ1) is 24.8. The van der Waals surface area contributed by atoms with E-state index in [2.05, 4.69) is 17.6 Å². The Morgan fingerprint density at radius 1 is 0.824 bits per heavy atom. The predicted molar refractivity (Wildman–Crippen MR) is 133 cm³/mol. The zero-order chi connectivity index (χ0) is 24.5. The number of ether oxygens (including phenoxy) is 2. The molecular weight excluding hydrogens is 428 g/mol. The molecule has 3 aromatic carbocycles. The summed E-state index contributed by atoms with van der Waals surface area (Å²) in [7, 11) is 1.58. The monoisotopic (exact) mass is 460 g/mol. The minimum absolute atomic E-state index is 0.289. The molecule has 178 valence electrons. The Bertz CT molecular complexity index is 1080. The number of amides is 2. The van der Waals surface area contributed by atoms with Crippen LogP contribution < -0.4 is 20.1 Å². The van der Waals surface area contributed by atoms with Crippen molar-refractivity contribution >= 4 is 11.8 Å². The number of carbonyl (C=O) groups excluding carboxylic acids is 2. The van der Waals surface area contributed by atoms with E-state index in [0.29, 0.717) is 34.8 Å². The van der Waals surface area contributed by atoms with Crippen LogP contribution in [0.25, 0.3) is 0 Å². The Labute approximate surface area is 201 Å². The molecule has 34 heavy (non-hydrogen) atoms. The molecule has 3 rings (SSSR count). The number of aryl methyl sites for hydroxylation is 2. The fraction of sp³-hybridized carbons (Fsp3) is 0.286. The lowest BCUT2D eigenvalue weighted by atomic mass is 10.1. The van der Waals surface area contributed by atoms with E-state index in [1.165, 1.54) is 0 Å². The molecule has 6 nitrogen and oxygen atoms in total. The van der Waals surface area contributed by atoms with Crippen molar-refractivity contribution < 1.29 is 19.1 Å². The third-order valence-corrected chi connectivity index (χ3v) is 5.39. The van der Waals surface area contributed by atoms with E-state index in [0.717, 1.165) is 24.0 Å². The van der Waals surface area contributed by atoms with Crippen LogP contribution in [0.15, 0.2) is 66.7 Å². The molecule has 0 radical (unpaired) electrons. The number of benzene rings is 3. The number of carbonyl (C=O) groups is 2. The van der Waals surface area contributed by atoms with Crippen molar-refractivity contribution in [3.63, 3.8) is 0 Å². The number of hydrogen-bond donors (Lipinski definition) is 2. The van der Waals surface area contributed by atoms with Crippen LogP contribution in [0.2, 0.25) is 0 Å². The van der Waals surface area contributed by atoms with E-state index >= 15 is 0 Å². The molecule has 3 aromatic rings. The van der Waals surface area contributed by atoms with Crippen LogP contribution in [0.1, 0.15) is 63.3 Å². The molecule has 0 atom stereocenters. The van der Waals surface area contributed by atoms with E-state index in [1.807, 2.05) is 56.3 Å². The number of rotatable bonds is 10. The van der Waals surface area contributed by atoms with Crippen LogP contribution >= 0.6 is 0 Å². The summed E-state index contributed by atoms with van der Waals surface area (Å²) in [6, 6.07) is 20.0. The van der Waals surface area contributed by atoms with Crippen molar-refractivity contribution in [3.05, 3.63) is 94.5 Å². The van der Waals surface area contributed by atoms with Gasteiger partial charge < -0.3 is 20.1 Å². The van der Waals surface area contributed by atoms with E-state index in [9.17, 15) is 9.59 Å². The third-order valence-electron chi connectivity index (χ3n) is 5.39. The first-order valence-corrected chi connectivity index (χ1v) is 11.5. The van der Waals surface area contributed by atoms with E-state index in [1.54, 1.807) is 31.4 Å². The SMILES string of the molecule is CCCCOc1cc(C(NC(=O)c2cccc(C)c2)NC(=O)c2cccc(C)c2)ccc1OC. The number of nitrogens with one attached hydrogen (secondary N) is 2. The number of hydrogen-bond acceptors (Lipinski definition) is 4. The lowest BCUT2D eigenvalue weighted by Crippen LogP contribution is -2.41. The van der Waals surface area contributed by atoms with Crippen LogP contribution in [0.3, 0.4) is 0 Å². The van der Waals surface area contributed by atoms with E-state index in [4.69, 9.17) is 9.47 Å². The van der Waals surface area contributed by atoms with Crippen LogP contribution in [-0.2, 0) is 0 Å². The molecular formula is C28H32N2O4. The van der Waals surface area contributed by atoms with E-state index < -0.39 is 6.17 Å². The fourth-order valence-corrected chi connectivity index (χ4v) is 3.52. The van der Waals surface area contributed by atoms with E-state index in [-0.39, 0.29) is 11.8 Å². The van der Waals surface area contributed by atoms with Gasteiger partial charge in [-0.2, -0.15) is 0 Å². The van der Waals surface area contributed by atoms with Gasteiger partial charge in [-0.15, -0.1) is 0 Å². The highest BCUT2D eigenvalue weighted by Gasteiger charge is 2.21. The molecule has 0 aliphatic heterocycles. The lowest BCUT2D eigenvalue weighted by Gasteiger charge is -2.22. The van der Waals surface area contributed by atoms with Crippen molar-refractivity contribution in [1.82, 2.24) is 10.6 Å². The molecule has 2 N–H and O–H groups in total. The molecule has 0 aliphatic rings. The van der Waals surface area contributed by atoms with Crippen molar-refractivity contribution in [2.75, 3.05) is 13.7 Å². The highest BCUT2D eigenvalue weighted by molar-refractivity contribution is 5.97. The molecule has 0 saturated carbocycles. The van der Waals surface area contributed by atoms with Crippen molar-refractivity contribution in [1.29, 1.82) is 0 Å². The normalized spacial score (nSPS) is 10.6. The van der Waals surface area contributed by atoms with Gasteiger partial charge in [0.25, 0.3) is 11.8 Å². The molecule has 2 amide bonds. The standard InChI is InChI=1S/C28H32N2O4/c1-5-6-15-34-25-18-21(13-14-24(25)33-4)26(29-27(31)22-11-7-9-19(2)16-22)30-28(32)23-12-8-10-20(3)17-23/h7-14,16-18,26H,5-6,15H2,1-4H3,(H,29,31)(H,30,32). The summed E-state index contributed by atoms with van der Waals surface area (Å²) in [5.74, 6) is 0.576. The first-order chi connectivity index (χ1) is 16.4. The van der Waals surface area contributed by atoms with Crippen molar-refractivity contribution in [3.8, 4) is 11.5 Å². The van der Waals surface area contributed by atoms with Crippen LogP contribution in [-0.4, -0.2) is 25.5 Å². The maximum atomic E-state index is 13.1. The van der Waals surface area contributed by atoms with Gasteiger partial charge in [-0.05, 0) is 62.2 Å². The molecule has 0 fully saturated rings. The van der Waals surface area contributed by atoms with Gasteiger partial charge in [-0.25, -0.2) is 0 Å². The summed E-state index contributed by atoms with van der Waals surface area (Å²) in [5, 5.41) is 5.91. The predicted octanol–water partition coefficient (Wildman–Crippen LogP) is 5.35. The Morgan fingerprint density at radius 3 is 1.91 bits per heavy atom. The Balaban J connectivity index is 1.92. The minimum atomic E-state index is -0.777. The second-order valence-corrected chi connectivity index (χ2v) is 8.23. The van der Waals surface area contributed by atoms with Gasteiger partial charge in [0.15, 0.2) is 11.5 Å². The van der Waals surface area contributed by atoms with Crippen molar-refractivity contribution in [2.24, 2.45) is 0 Å². The molecule has 0 spiro atoms. The summed E-state index contributed by atoms with van der Waals surface area (Å²) in [4.78, 5) is 26.1. The second-order valence-electron chi connectivity index (χ2n) is 8.23. The molecule has 0 unspecified atom stereocenters. The Hall–Kier alpha value is -3.80. The number of unbranched alkanes of at least 4 members (excludes halogenated alkanes) is 1. The topological polar surface area (TPSA) is 76.7 Å². The maximum Gasteiger partial charge on any atom is 0.253 e. The smallest absolute Gasteiger partial charge is 0.253 e. The van der Waals surface area contributed by atoms with Gasteiger partial charge >= 0.3 is 0 Å². The summed E-state index contributed by atoms with van der Waals surface area (Å²) in [6.45, 7) is 6.50. The highest BCUT2D eigenvalue weighted by atomic mass is 16.5. The average molecular weight is 461 g/mol. The molecule has 0 aromatic heterocycles. The van der Waals surface area contributed by atoms with Crippen LogP contribution in [0.5, 0.6) is 11.5 Å². The van der Waals surface area contributed by atoms with Gasteiger partial charge in [0.05, 0.1) is 13.7 Å². The summed E-state index contributed by atoms with van der Waals surface area (Å²) in [5.41, 5.74) is 3.66. The highest BCUT2D eigenvalue weighted by Crippen LogP contribution is 2.30. The fourth-order valence-electron chi connectivity index (χ4n) is 3.52. The Morgan fingerprint density at radius 2 is 1.41 bits per heavy atom. The molecule has 0 bridgehead atoms. The third kappa shape index (κ3) is 6.61. The van der Waals surface area contributed by atoms with Crippen LogP contribution in [0.4, 0.5) is 0 Å². The van der Waals surface area contributed by atoms with Crippen LogP contribution in [0, 0.1) is 13.8 Å². The minimum Gasteiger partial charge on any atom is -0.493 e. The maximum absolute atomic E-state index is 13.1. The lowest BCUT2D eigenvalue weighted by molar-refractivity contribution is 0.0883. The van der Waals surface area contributed by atoms with Gasteiger partial charge in [0.1, 0.15) is 6.17 Å².